The maximum Gasteiger partial charge on any atom is 0.305 e. The quantitative estimate of drug-likeness (QED) is 0.0550. The van der Waals surface area contributed by atoms with Gasteiger partial charge in [-0.15, -0.1) is 0 Å². The summed E-state index contributed by atoms with van der Waals surface area (Å²) in [6.07, 6.45) is 41.2. The highest BCUT2D eigenvalue weighted by Gasteiger charge is 2.02. The standard InChI is InChI=1S/C34H66O2/c1-3-5-7-9-11-13-15-17-18-19-21-23-25-27-29-31-33-36-34(35)32-30-28-26-24-22-20-16-14-12-10-8-6-4-2/h13,15H,3-12,14,16-33H2,1-2H3/b15-13-. The van der Waals surface area contributed by atoms with Crippen LogP contribution in [0.2, 0.25) is 0 Å². The van der Waals surface area contributed by atoms with Gasteiger partial charge < -0.3 is 4.74 Å². The van der Waals surface area contributed by atoms with Gasteiger partial charge in [-0.2, -0.15) is 0 Å². The second-order valence-electron chi connectivity index (χ2n) is 11.2. The fourth-order valence-electron chi connectivity index (χ4n) is 4.89. The van der Waals surface area contributed by atoms with Crippen LogP contribution in [-0.4, -0.2) is 12.6 Å². The molecule has 214 valence electrons. The maximum atomic E-state index is 11.9. The van der Waals surface area contributed by atoms with E-state index in [-0.39, 0.29) is 5.97 Å². The number of esters is 1. The van der Waals surface area contributed by atoms with Gasteiger partial charge in [0.25, 0.3) is 0 Å². The Hall–Kier alpha value is -0.790. The first-order chi connectivity index (χ1) is 17.8. The minimum Gasteiger partial charge on any atom is -0.466 e. The molecule has 0 aromatic rings. The average Bonchev–Trinajstić information content (AvgIpc) is 2.88. The summed E-state index contributed by atoms with van der Waals surface area (Å²) in [5, 5.41) is 0. The van der Waals surface area contributed by atoms with Crippen molar-refractivity contribution in [2.45, 2.75) is 194 Å². The third kappa shape index (κ3) is 31.2. The first-order valence-corrected chi connectivity index (χ1v) is 16.6. The molecule has 0 rings (SSSR count). The number of ether oxygens (including phenoxy) is 1. The van der Waals surface area contributed by atoms with E-state index in [1.807, 2.05) is 0 Å². The molecule has 0 aliphatic rings. The van der Waals surface area contributed by atoms with E-state index in [9.17, 15) is 4.79 Å². The van der Waals surface area contributed by atoms with Gasteiger partial charge >= 0.3 is 5.97 Å². The number of hydrogen-bond donors (Lipinski definition) is 0. The van der Waals surface area contributed by atoms with E-state index in [2.05, 4.69) is 26.0 Å². The Balaban J connectivity index is 3.17. The maximum absolute atomic E-state index is 11.9. The van der Waals surface area contributed by atoms with Crippen molar-refractivity contribution in [1.29, 1.82) is 0 Å². The van der Waals surface area contributed by atoms with Gasteiger partial charge in [0.05, 0.1) is 6.61 Å². The smallest absolute Gasteiger partial charge is 0.305 e. The first-order valence-electron chi connectivity index (χ1n) is 16.6. The fourth-order valence-corrected chi connectivity index (χ4v) is 4.89. The lowest BCUT2D eigenvalue weighted by Crippen LogP contribution is -2.05. The van der Waals surface area contributed by atoms with Crippen molar-refractivity contribution in [2.24, 2.45) is 0 Å². The van der Waals surface area contributed by atoms with E-state index >= 15 is 0 Å². The molecule has 2 heteroatoms. The summed E-state index contributed by atoms with van der Waals surface area (Å²) >= 11 is 0. The summed E-state index contributed by atoms with van der Waals surface area (Å²) in [7, 11) is 0. The van der Waals surface area contributed by atoms with Gasteiger partial charge in [-0.25, -0.2) is 0 Å². The molecule has 0 N–H and O–H groups in total. The highest BCUT2D eigenvalue weighted by atomic mass is 16.5. The fraction of sp³-hybridized carbons (Fsp3) is 0.912. The monoisotopic (exact) mass is 507 g/mol. The van der Waals surface area contributed by atoms with Crippen LogP contribution in [0, 0.1) is 0 Å². The normalized spacial score (nSPS) is 11.5. The summed E-state index contributed by atoms with van der Waals surface area (Å²) in [4.78, 5) is 11.9. The number of unbranched alkanes of at least 4 members (excludes halogenated alkanes) is 24. The van der Waals surface area contributed by atoms with Crippen molar-refractivity contribution in [3.63, 3.8) is 0 Å². The zero-order valence-electron chi connectivity index (χ0n) is 25.0. The molecule has 0 saturated carbocycles. The molecule has 0 atom stereocenters. The van der Waals surface area contributed by atoms with E-state index in [1.54, 1.807) is 0 Å². The molecule has 0 amide bonds. The van der Waals surface area contributed by atoms with Crippen LogP contribution in [0.4, 0.5) is 0 Å². The van der Waals surface area contributed by atoms with Crippen LogP contribution in [0.5, 0.6) is 0 Å². The van der Waals surface area contributed by atoms with E-state index in [0.717, 1.165) is 12.8 Å². The van der Waals surface area contributed by atoms with Gasteiger partial charge in [0.1, 0.15) is 0 Å². The molecular weight excluding hydrogens is 440 g/mol. The molecule has 0 unspecified atom stereocenters. The predicted octanol–water partition coefficient (Wildman–Crippen LogP) is 12.0. The third-order valence-electron chi connectivity index (χ3n) is 7.40. The van der Waals surface area contributed by atoms with Gasteiger partial charge in [0.2, 0.25) is 0 Å². The van der Waals surface area contributed by atoms with Crippen molar-refractivity contribution in [2.75, 3.05) is 6.61 Å². The Bertz CT molecular complexity index is 442. The number of rotatable bonds is 30. The summed E-state index contributed by atoms with van der Waals surface area (Å²) in [6.45, 7) is 5.18. The highest BCUT2D eigenvalue weighted by molar-refractivity contribution is 5.69. The van der Waals surface area contributed by atoms with Gasteiger partial charge in [0, 0.05) is 6.42 Å². The molecule has 0 fully saturated rings. The van der Waals surface area contributed by atoms with Crippen molar-refractivity contribution < 1.29 is 9.53 Å². The van der Waals surface area contributed by atoms with Crippen molar-refractivity contribution in [3.8, 4) is 0 Å². The molecule has 0 aromatic heterocycles. The van der Waals surface area contributed by atoms with Crippen molar-refractivity contribution in [3.05, 3.63) is 12.2 Å². The van der Waals surface area contributed by atoms with Crippen LogP contribution in [0.25, 0.3) is 0 Å². The summed E-state index contributed by atoms with van der Waals surface area (Å²) in [5.41, 5.74) is 0. The first kappa shape index (κ1) is 35.2. The van der Waals surface area contributed by atoms with Crippen LogP contribution in [0.1, 0.15) is 194 Å². The summed E-state index contributed by atoms with van der Waals surface area (Å²) in [5.74, 6) is 0.0214. The van der Waals surface area contributed by atoms with Gasteiger partial charge in [-0.3, -0.25) is 4.79 Å². The topological polar surface area (TPSA) is 26.3 Å². The number of allylic oxidation sites excluding steroid dienone is 2. The van der Waals surface area contributed by atoms with Crippen LogP contribution in [0.15, 0.2) is 12.2 Å². The minimum absolute atomic E-state index is 0.0214. The minimum atomic E-state index is 0.0214. The van der Waals surface area contributed by atoms with Crippen LogP contribution in [0.3, 0.4) is 0 Å². The summed E-state index contributed by atoms with van der Waals surface area (Å²) < 4.78 is 5.42. The highest BCUT2D eigenvalue weighted by Crippen LogP contribution is 2.14. The lowest BCUT2D eigenvalue weighted by atomic mass is 10.0. The molecule has 0 bridgehead atoms. The second-order valence-corrected chi connectivity index (χ2v) is 11.2. The van der Waals surface area contributed by atoms with Gasteiger partial charge in [0.15, 0.2) is 0 Å². The van der Waals surface area contributed by atoms with E-state index in [0.29, 0.717) is 13.0 Å². The van der Waals surface area contributed by atoms with Crippen molar-refractivity contribution in [1.82, 2.24) is 0 Å². The molecule has 2 nitrogen and oxygen atoms in total. The van der Waals surface area contributed by atoms with Crippen LogP contribution in [-0.2, 0) is 9.53 Å². The van der Waals surface area contributed by atoms with Crippen LogP contribution < -0.4 is 0 Å². The van der Waals surface area contributed by atoms with Crippen LogP contribution >= 0.6 is 0 Å². The largest absolute Gasteiger partial charge is 0.466 e. The number of carbonyl (C=O) groups excluding carboxylic acids is 1. The van der Waals surface area contributed by atoms with Gasteiger partial charge in [-0.1, -0.05) is 161 Å². The van der Waals surface area contributed by atoms with Crippen molar-refractivity contribution >= 4 is 5.97 Å². The second kappa shape index (κ2) is 32.2. The number of hydrogen-bond acceptors (Lipinski definition) is 2. The molecule has 0 aliphatic heterocycles. The third-order valence-corrected chi connectivity index (χ3v) is 7.40. The van der Waals surface area contributed by atoms with E-state index in [4.69, 9.17) is 4.74 Å². The Morgan fingerprint density at radius 3 is 1.22 bits per heavy atom. The zero-order valence-corrected chi connectivity index (χ0v) is 25.0. The molecule has 0 aliphatic carbocycles. The summed E-state index contributed by atoms with van der Waals surface area (Å²) in [6, 6.07) is 0. The number of carbonyl (C=O) groups is 1. The molecule has 36 heavy (non-hydrogen) atoms. The van der Waals surface area contributed by atoms with E-state index < -0.39 is 0 Å². The predicted molar refractivity (Wildman–Crippen MR) is 161 cm³/mol. The molecule has 0 heterocycles. The molecule has 0 radical (unpaired) electrons. The Kier molecular flexibility index (Phi) is 31.5. The van der Waals surface area contributed by atoms with Gasteiger partial charge in [-0.05, 0) is 38.5 Å². The van der Waals surface area contributed by atoms with E-state index in [1.165, 1.54) is 161 Å². The molecular formula is C34H66O2. The zero-order chi connectivity index (χ0) is 26.2. The Morgan fingerprint density at radius 1 is 0.444 bits per heavy atom. The molecule has 0 aromatic carbocycles. The average molecular weight is 507 g/mol. The molecule has 0 spiro atoms. The Labute approximate surface area is 227 Å². The lowest BCUT2D eigenvalue weighted by Gasteiger charge is -2.06. The lowest BCUT2D eigenvalue weighted by molar-refractivity contribution is -0.143. The molecule has 0 saturated heterocycles. The Morgan fingerprint density at radius 2 is 0.778 bits per heavy atom. The SMILES string of the molecule is CCCCCC/C=C\CCCCCCCCCCOC(=O)CCCCCCCCCCCCCCC.